The van der Waals surface area contributed by atoms with Crippen molar-refractivity contribution < 1.29 is 50.6 Å². The van der Waals surface area contributed by atoms with Crippen LogP contribution in [0.5, 0.6) is 0 Å². The third-order valence-electron chi connectivity index (χ3n) is 4.39. The number of benzene rings is 1. The number of hydrogen-bond acceptors (Lipinski definition) is 11. The molecule has 0 spiro atoms. The average Bonchev–Trinajstić information content (AvgIpc) is 2.85. The molecule has 1 aromatic carbocycles. The van der Waals surface area contributed by atoms with Crippen LogP contribution in [0.3, 0.4) is 0 Å². The molecule has 0 bridgehead atoms. The van der Waals surface area contributed by atoms with Gasteiger partial charge in [-0.1, -0.05) is 17.7 Å². The molecule has 1 aromatic rings. The van der Waals surface area contributed by atoms with E-state index in [1.165, 1.54) is 12.1 Å². The summed E-state index contributed by atoms with van der Waals surface area (Å²) in [4.78, 5) is 11.2. The zero-order chi connectivity index (χ0) is 26.3. The van der Waals surface area contributed by atoms with Gasteiger partial charge >= 0.3 is 5.97 Å². The quantitative estimate of drug-likeness (QED) is 0.109. The summed E-state index contributed by atoms with van der Waals surface area (Å²) in [6.07, 6.45) is 0.245. The molecule has 11 nitrogen and oxygen atoms in total. The predicted molar refractivity (Wildman–Crippen MR) is 130 cm³/mol. The van der Waals surface area contributed by atoms with Crippen molar-refractivity contribution in [3.63, 3.8) is 0 Å². The monoisotopic (exact) mass is 536 g/mol. The molecule has 36 heavy (non-hydrogen) atoms. The Balaban J connectivity index is 1.77. The van der Waals surface area contributed by atoms with Gasteiger partial charge in [0.15, 0.2) is 0 Å². The van der Waals surface area contributed by atoms with E-state index in [4.69, 9.17) is 37.3 Å². The molecule has 0 aromatic heterocycles. The number of hydrogen-bond donors (Lipinski definition) is 0. The molecular formula is C24H40O11S. The molecule has 0 saturated carbocycles. The zero-order valence-corrected chi connectivity index (χ0v) is 22.1. The number of aryl methyl sites for hydroxylation is 1. The Labute approximate surface area is 214 Å². The summed E-state index contributed by atoms with van der Waals surface area (Å²) < 4.78 is 65.9. The van der Waals surface area contributed by atoms with Gasteiger partial charge in [-0.25, -0.2) is 0 Å². The van der Waals surface area contributed by atoms with Gasteiger partial charge in [0.05, 0.1) is 104 Å². The van der Waals surface area contributed by atoms with Crippen molar-refractivity contribution >= 4 is 16.1 Å². The van der Waals surface area contributed by atoms with Gasteiger partial charge in [0, 0.05) is 0 Å². The Morgan fingerprint density at radius 3 is 1.44 bits per heavy atom. The summed E-state index contributed by atoms with van der Waals surface area (Å²) in [6.45, 7) is 8.63. The van der Waals surface area contributed by atoms with Crippen molar-refractivity contribution in [1.29, 1.82) is 0 Å². The maximum absolute atomic E-state index is 12.0. The van der Waals surface area contributed by atoms with Crippen molar-refractivity contribution in [3.05, 3.63) is 29.8 Å². The lowest BCUT2D eigenvalue weighted by molar-refractivity contribution is -0.144. The van der Waals surface area contributed by atoms with E-state index < -0.39 is 10.1 Å². The topological polar surface area (TPSA) is 125 Å². The van der Waals surface area contributed by atoms with E-state index in [0.29, 0.717) is 79.3 Å². The van der Waals surface area contributed by atoms with Gasteiger partial charge < -0.3 is 33.2 Å². The van der Waals surface area contributed by atoms with E-state index in [9.17, 15) is 13.2 Å². The number of esters is 1. The minimum absolute atomic E-state index is 0.0603. The smallest absolute Gasteiger partial charge is 0.308 e. The summed E-state index contributed by atoms with van der Waals surface area (Å²) in [7, 11) is -3.77. The average molecular weight is 537 g/mol. The van der Waals surface area contributed by atoms with Crippen LogP contribution in [0.2, 0.25) is 0 Å². The lowest BCUT2D eigenvalue weighted by Gasteiger charge is -2.09. The molecule has 0 aliphatic carbocycles. The molecule has 0 aliphatic heterocycles. The van der Waals surface area contributed by atoms with Crippen molar-refractivity contribution in [1.82, 2.24) is 0 Å². The second-order valence-electron chi connectivity index (χ2n) is 7.32. The molecule has 1 rings (SSSR count). The molecular weight excluding hydrogens is 496 g/mol. The molecule has 0 fully saturated rings. The molecule has 0 saturated heterocycles. The molecule has 0 amide bonds. The number of ether oxygens (including phenoxy) is 7. The Morgan fingerprint density at radius 1 is 0.639 bits per heavy atom. The van der Waals surface area contributed by atoms with Crippen LogP contribution in [0.1, 0.15) is 18.9 Å². The summed E-state index contributed by atoms with van der Waals surface area (Å²) in [5, 5.41) is 0. The van der Waals surface area contributed by atoms with Crippen LogP contribution in [0.4, 0.5) is 0 Å². The van der Waals surface area contributed by atoms with Crippen molar-refractivity contribution in [2.75, 3.05) is 92.5 Å². The largest absolute Gasteiger partial charge is 0.466 e. The first-order chi connectivity index (χ1) is 17.5. The highest BCUT2D eigenvalue weighted by Gasteiger charge is 2.14. The van der Waals surface area contributed by atoms with Gasteiger partial charge in [-0.3, -0.25) is 8.98 Å². The summed E-state index contributed by atoms with van der Waals surface area (Å²) in [5.74, 6) is -0.262. The van der Waals surface area contributed by atoms with Gasteiger partial charge in [-0.05, 0) is 26.0 Å². The van der Waals surface area contributed by atoms with Gasteiger partial charge in [0.25, 0.3) is 10.1 Å². The first-order valence-electron chi connectivity index (χ1n) is 12.0. The van der Waals surface area contributed by atoms with E-state index in [1.54, 1.807) is 19.1 Å². The van der Waals surface area contributed by atoms with E-state index in [-0.39, 0.29) is 30.5 Å². The van der Waals surface area contributed by atoms with Crippen LogP contribution in [0.25, 0.3) is 0 Å². The second kappa shape index (κ2) is 21.4. The molecule has 0 heterocycles. The third-order valence-corrected chi connectivity index (χ3v) is 5.72. The molecule has 208 valence electrons. The van der Waals surface area contributed by atoms with Gasteiger partial charge in [-0.15, -0.1) is 0 Å². The molecule has 0 unspecified atom stereocenters. The van der Waals surface area contributed by atoms with E-state index in [2.05, 4.69) is 0 Å². The van der Waals surface area contributed by atoms with E-state index >= 15 is 0 Å². The Bertz CT molecular complexity index is 769. The summed E-state index contributed by atoms with van der Waals surface area (Å²) >= 11 is 0. The maximum atomic E-state index is 12.0. The SMILES string of the molecule is CCOC(=O)CCOCCOCCOCCOCCOCCOCCOS(=O)(=O)c1ccc(C)cc1. The van der Waals surface area contributed by atoms with Crippen LogP contribution < -0.4 is 0 Å². The summed E-state index contributed by atoms with van der Waals surface area (Å²) in [5.41, 5.74) is 0.974. The highest BCUT2D eigenvalue weighted by atomic mass is 32.2. The standard InChI is InChI=1S/C24H40O11S/c1-3-34-24(25)8-9-28-10-11-29-12-13-30-14-15-31-16-17-32-18-19-33-20-21-35-36(26,27)23-6-4-22(2)5-7-23/h4-7H,3,8-21H2,1-2H3. The van der Waals surface area contributed by atoms with Crippen molar-refractivity contribution in [3.8, 4) is 0 Å². The Kier molecular flexibility index (Phi) is 19.3. The molecule has 0 radical (unpaired) electrons. The molecule has 12 heteroatoms. The van der Waals surface area contributed by atoms with Crippen molar-refractivity contribution in [2.24, 2.45) is 0 Å². The fourth-order valence-corrected chi connectivity index (χ4v) is 3.46. The van der Waals surface area contributed by atoms with E-state index in [1.807, 2.05) is 6.92 Å². The fourth-order valence-electron chi connectivity index (χ4n) is 2.57. The minimum atomic E-state index is -3.77. The van der Waals surface area contributed by atoms with Crippen LogP contribution in [0.15, 0.2) is 29.2 Å². The van der Waals surface area contributed by atoms with Crippen LogP contribution in [-0.2, 0) is 52.3 Å². The summed E-state index contributed by atoms with van der Waals surface area (Å²) in [6, 6.07) is 6.46. The zero-order valence-electron chi connectivity index (χ0n) is 21.3. The normalized spacial score (nSPS) is 11.6. The highest BCUT2D eigenvalue weighted by Crippen LogP contribution is 2.12. The van der Waals surface area contributed by atoms with E-state index in [0.717, 1.165) is 5.56 Å². The second-order valence-corrected chi connectivity index (χ2v) is 8.93. The number of rotatable bonds is 24. The van der Waals surface area contributed by atoms with Gasteiger partial charge in [0.1, 0.15) is 0 Å². The first kappa shape index (κ1) is 32.4. The predicted octanol–water partition coefficient (Wildman–Crippen LogP) is 1.75. The lowest BCUT2D eigenvalue weighted by Crippen LogP contribution is -2.15. The Morgan fingerprint density at radius 2 is 1.03 bits per heavy atom. The molecule has 0 aliphatic rings. The minimum Gasteiger partial charge on any atom is -0.466 e. The van der Waals surface area contributed by atoms with Crippen LogP contribution >= 0.6 is 0 Å². The lowest BCUT2D eigenvalue weighted by atomic mass is 10.2. The number of carbonyl (C=O) groups excluding carboxylic acids is 1. The number of carbonyl (C=O) groups is 1. The first-order valence-corrected chi connectivity index (χ1v) is 13.4. The molecule has 0 atom stereocenters. The van der Waals surface area contributed by atoms with Crippen LogP contribution in [0, 0.1) is 6.92 Å². The molecule has 0 N–H and O–H groups in total. The fraction of sp³-hybridized carbons (Fsp3) is 0.708. The highest BCUT2D eigenvalue weighted by molar-refractivity contribution is 7.86. The van der Waals surface area contributed by atoms with Gasteiger partial charge in [-0.2, -0.15) is 8.42 Å². The maximum Gasteiger partial charge on any atom is 0.308 e. The van der Waals surface area contributed by atoms with Crippen molar-refractivity contribution in [2.45, 2.75) is 25.2 Å². The van der Waals surface area contributed by atoms with Crippen LogP contribution in [-0.4, -0.2) is 107 Å². The van der Waals surface area contributed by atoms with Gasteiger partial charge in [0.2, 0.25) is 0 Å². The third kappa shape index (κ3) is 17.7. The Hall–Kier alpha value is -1.64.